The average Bonchev–Trinajstić information content (AvgIpc) is 3.15. The molecule has 1 N–H and O–H groups in total. The number of aromatic nitrogens is 4. The van der Waals surface area contributed by atoms with Crippen LogP contribution in [0.5, 0.6) is 0 Å². The maximum Gasteiger partial charge on any atom is 0.230 e. The topological polar surface area (TPSA) is 72.7 Å². The Balaban J connectivity index is 1.57. The molecule has 0 aliphatic heterocycles. The SMILES string of the molecule is Cc1cccc(-n2nnnc2SCC(=O)NC[C@H](C)c2ccccc2)c1C. The van der Waals surface area contributed by atoms with Crippen LogP contribution in [0.1, 0.15) is 29.5 Å². The summed E-state index contributed by atoms with van der Waals surface area (Å²) in [4.78, 5) is 12.2. The lowest BCUT2D eigenvalue weighted by molar-refractivity contribution is -0.118. The molecule has 0 fully saturated rings. The summed E-state index contributed by atoms with van der Waals surface area (Å²) in [5.74, 6) is 0.505. The Hall–Kier alpha value is -2.67. The molecule has 7 heteroatoms. The van der Waals surface area contributed by atoms with Crippen LogP contribution in [-0.2, 0) is 4.79 Å². The number of rotatable bonds is 7. The van der Waals surface area contributed by atoms with Gasteiger partial charge in [0.25, 0.3) is 0 Å². The molecule has 0 aliphatic rings. The highest BCUT2D eigenvalue weighted by Gasteiger charge is 2.14. The summed E-state index contributed by atoms with van der Waals surface area (Å²) in [6.45, 7) is 6.80. The van der Waals surface area contributed by atoms with Gasteiger partial charge in [-0.1, -0.05) is 61.2 Å². The third-order valence-corrected chi connectivity index (χ3v) is 5.47. The molecule has 0 radical (unpaired) electrons. The van der Waals surface area contributed by atoms with E-state index in [1.54, 1.807) is 4.68 Å². The Morgan fingerprint density at radius 3 is 2.70 bits per heavy atom. The fraction of sp³-hybridized carbons (Fsp3) is 0.300. The molecule has 140 valence electrons. The molecule has 0 saturated carbocycles. The van der Waals surface area contributed by atoms with E-state index >= 15 is 0 Å². The maximum atomic E-state index is 12.2. The molecule has 3 rings (SSSR count). The van der Waals surface area contributed by atoms with Crippen LogP contribution in [0.2, 0.25) is 0 Å². The number of thioether (sulfide) groups is 1. The Kier molecular flexibility index (Phi) is 6.24. The summed E-state index contributed by atoms with van der Waals surface area (Å²) in [7, 11) is 0. The van der Waals surface area contributed by atoms with E-state index < -0.39 is 0 Å². The van der Waals surface area contributed by atoms with Crippen molar-refractivity contribution >= 4 is 17.7 Å². The molecule has 1 amide bonds. The molecule has 3 aromatic rings. The van der Waals surface area contributed by atoms with E-state index in [0.717, 1.165) is 11.3 Å². The summed E-state index contributed by atoms with van der Waals surface area (Å²) >= 11 is 1.33. The molecule has 6 nitrogen and oxygen atoms in total. The van der Waals surface area contributed by atoms with Crippen LogP contribution in [0.3, 0.4) is 0 Å². The number of aryl methyl sites for hydroxylation is 1. The maximum absolute atomic E-state index is 12.2. The number of hydrogen-bond acceptors (Lipinski definition) is 5. The van der Waals surface area contributed by atoms with Crippen molar-refractivity contribution in [3.05, 3.63) is 65.2 Å². The Labute approximate surface area is 163 Å². The highest BCUT2D eigenvalue weighted by Crippen LogP contribution is 2.22. The minimum atomic E-state index is -0.0294. The molecular formula is C20H23N5OS. The first-order valence-electron chi connectivity index (χ1n) is 8.85. The molecule has 2 aromatic carbocycles. The molecule has 0 spiro atoms. The number of carbonyl (C=O) groups excluding carboxylic acids is 1. The number of tetrazole rings is 1. The molecule has 0 aliphatic carbocycles. The number of carbonyl (C=O) groups is 1. The van der Waals surface area contributed by atoms with Crippen molar-refractivity contribution < 1.29 is 4.79 Å². The van der Waals surface area contributed by atoms with Gasteiger partial charge in [0, 0.05) is 6.54 Å². The van der Waals surface area contributed by atoms with Crippen molar-refractivity contribution in [3.8, 4) is 5.69 Å². The fourth-order valence-corrected chi connectivity index (χ4v) is 3.45. The second-order valence-corrected chi connectivity index (χ2v) is 7.44. The van der Waals surface area contributed by atoms with Gasteiger partial charge in [0.1, 0.15) is 0 Å². The smallest absolute Gasteiger partial charge is 0.230 e. The molecule has 0 bridgehead atoms. The van der Waals surface area contributed by atoms with Crippen LogP contribution in [0.4, 0.5) is 0 Å². The number of hydrogen-bond donors (Lipinski definition) is 1. The minimum Gasteiger partial charge on any atom is -0.355 e. The highest BCUT2D eigenvalue weighted by molar-refractivity contribution is 7.99. The lowest BCUT2D eigenvalue weighted by atomic mass is 10.0. The van der Waals surface area contributed by atoms with E-state index in [0.29, 0.717) is 11.7 Å². The largest absolute Gasteiger partial charge is 0.355 e. The van der Waals surface area contributed by atoms with Crippen LogP contribution in [-0.4, -0.2) is 38.4 Å². The molecule has 27 heavy (non-hydrogen) atoms. The van der Waals surface area contributed by atoms with Crippen molar-refractivity contribution in [1.29, 1.82) is 0 Å². The predicted molar refractivity (Wildman–Crippen MR) is 107 cm³/mol. The first kappa shape index (κ1) is 19.1. The third-order valence-electron chi connectivity index (χ3n) is 4.55. The van der Waals surface area contributed by atoms with Crippen molar-refractivity contribution in [2.45, 2.75) is 31.8 Å². The summed E-state index contributed by atoms with van der Waals surface area (Å²) < 4.78 is 1.69. The lowest BCUT2D eigenvalue weighted by Gasteiger charge is -2.13. The van der Waals surface area contributed by atoms with Gasteiger partial charge in [-0.2, -0.15) is 4.68 Å². The summed E-state index contributed by atoms with van der Waals surface area (Å²) in [6, 6.07) is 16.2. The van der Waals surface area contributed by atoms with E-state index in [-0.39, 0.29) is 17.6 Å². The van der Waals surface area contributed by atoms with Crippen LogP contribution in [0.15, 0.2) is 53.7 Å². The number of amides is 1. The zero-order valence-corrected chi connectivity index (χ0v) is 16.5. The molecule has 1 atom stereocenters. The van der Waals surface area contributed by atoms with Crippen LogP contribution < -0.4 is 5.32 Å². The standard InChI is InChI=1S/C20H23N5OS/c1-14-8-7-11-18(16(14)3)25-20(22-23-24-25)27-13-19(26)21-12-15(2)17-9-5-4-6-10-17/h4-11,15H,12-13H2,1-3H3,(H,21,26)/t15-/m0/s1. The van der Waals surface area contributed by atoms with E-state index in [9.17, 15) is 4.79 Å². The molecule has 0 unspecified atom stereocenters. The van der Waals surface area contributed by atoms with Gasteiger partial charge in [-0.3, -0.25) is 4.79 Å². The number of nitrogens with one attached hydrogen (secondary N) is 1. The van der Waals surface area contributed by atoms with Crippen LogP contribution in [0, 0.1) is 13.8 Å². The normalized spacial score (nSPS) is 12.0. The fourth-order valence-electron chi connectivity index (χ4n) is 2.73. The van der Waals surface area contributed by atoms with Crippen molar-refractivity contribution in [1.82, 2.24) is 25.5 Å². The van der Waals surface area contributed by atoms with Gasteiger partial charge in [0.2, 0.25) is 11.1 Å². The minimum absolute atomic E-state index is 0.0294. The molecule has 0 saturated heterocycles. The Morgan fingerprint density at radius 2 is 1.93 bits per heavy atom. The van der Waals surface area contributed by atoms with E-state index in [1.165, 1.54) is 22.9 Å². The van der Waals surface area contributed by atoms with E-state index in [2.05, 4.69) is 52.9 Å². The summed E-state index contributed by atoms with van der Waals surface area (Å²) in [5.41, 5.74) is 4.43. The quantitative estimate of drug-likeness (QED) is 0.636. The molecule has 1 heterocycles. The van der Waals surface area contributed by atoms with Gasteiger partial charge in [-0.25, -0.2) is 0 Å². The van der Waals surface area contributed by atoms with Gasteiger partial charge in [0.15, 0.2) is 0 Å². The van der Waals surface area contributed by atoms with Gasteiger partial charge < -0.3 is 5.32 Å². The average molecular weight is 382 g/mol. The highest BCUT2D eigenvalue weighted by atomic mass is 32.2. The molecular weight excluding hydrogens is 358 g/mol. The van der Waals surface area contributed by atoms with Crippen molar-refractivity contribution in [2.75, 3.05) is 12.3 Å². The van der Waals surface area contributed by atoms with E-state index in [4.69, 9.17) is 0 Å². The predicted octanol–water partition coefficient (Wildman–Crippen LogP) is 3.29. The van der Waals surface area contributed by atoms with Gasteiger partial charge in [0.05, 0.1) is 11.4 Å². The monoisotopic (exact) mass is 381 g/mol. The zero-order chi connectivity index (χ0) is 19.2. The summed E-state index contributed by atoms with van der Waals surface area (Å²) in [6.07, 6.45) is 0. The van der Waals surface area contributed by atoms with E-state index in [1.807, 2.05) is 37.3 Å². The van der Waals surface area contributed by atoms with Crippen LogP contribution in [0.25, 0.3) is 5.69 Å². The van der Waals surface area contributed by atoms with Crippen LogP contribution >= 0.6 is 11.8 Å². The lowest BCUT2D eigenvalue weighted by Crippen LogP contribution is -2.29. The zero-order valence-electron chi connectivity index (χ0n) is 15.7. The number of benzene rings is 2. The second-order valence-electron chi connectivity index (χ2n) is 6.50. The van der Waals surface area contributed by atoms with Gasteiger partial charge in [-0.05, 0) is 52.9 Å². The Morgan fingerprint density at radius 1 is 1.15 bits per heavy atom. The summed E-state index contributed by atoms with van der Waals surface area (Å²) in [5, 5.41) is 15.5. The second kappa shape index (κ2) is 8.81. The number of nitrogens with zero attached hydrogens (tertiary/aromatic N) is 4. The third kappa shape index (κ3) is 4.74. The first-order valence-corrected chi connectivity index (χ1v) is 9.84. The molecule has 1 aromatic heterocycles. The van der Waals surface area contributed by atoms with Gasteiger partial charge >= 0.3 is 0 Å². The Bertz CT molecular complexity index is 910. The van der Waals surface area contributed by atoms with Crippen molar-refractivity contribution in [2.24, 2.45) is 0 Å². The first-order chi connectivity index (χ1) is 13.1. The van der Waals surface area contributed by atoms with Crippen molar-refractivity contribution in [3.63, 3.8) is 0 Å². The van der Waals surface area contributed by atoms with Gasteiger partial charge in [-0.15, -0.1) is 5.10 Å².